The van der Waals surface area contributed by atoms with Crippen LogP contribution in [-0.2, 0) is 20.7 Å². The Morgan fingerprint density at radius 1 is 1.18 bits per heavy atom. The summed E-state index contributed by atoms with van der Waals surface area (Å²) < 4.78 is 16.8. The van der Waals surface area contributed by atoms with E-state index in [1.807, 2.05) is 36.4 Å². The Labute approximate surface area is 187 Å². The van der Waals surface area contributed by atoms with Crippen LogP contribution in [0.1, 0.15) is 21.7 Å². The highest BCUT2D eigenvalue weighted by atomic mass is 16.8. The number of carbonyl (C=O) groups excluding carboxylic acids is 1. The Morgan fingerprint density at radius 3 is 2.70 bits per heavy atom. The molecule has 0 saturated heterocycles. The summed E-state index contributed by atoms with van der Waals surface area (Å²) in [5.41, 5.74) is 0.437. The van der Waals surface area contributed by atoms with Crippen LogP contribution in [0.5, 0.6) is 11.5 Å². The Kier molecular flexibility index (Phi) is 5.95. The van der Waals surface area contributed by atoms with Gasteiger partial charge < -0.3 is 29.7 Å². The first-order valence-corrected chi connectivity index (χ1v) is 9.75. The zero-order valence-electron chi connectivity index (χ0n) is 17.0. The van der Waals surface area contributed by atoms with Gasteiger partial charge in [0.05, 0.1) is 0 Å². The average molecular weight is 447 g/mol. The number of carboxylic acid groups (broad SMARTS) is 1. The third-order valence-electron chi connectivity index (χ3n) is 4.70. The number of benzene rings is 2. The Bertz CT molecular complexity index is 1300. The van der Waals surface area contributed by atoms with E-state index in [1.54, 1.807) is 0 Å². The molecule has 4 rings (SSSR count). The maximum Gasteiger partial charge on any atom is 0.324 e. The number of aromatic hydroxyl groups is 1. The number of amides is 1. The highest BCUT2D eigenvalue weighted by Gasteiger charge is 2.23. The van der Waals surface area contributed by atoms with Gasteiger partial charge in [0.1, 0.15) is 24.1 Å². The van der Waals surface area contributed by atoms with E-state index in [4.69, 9.17) is 19.3 Å². The third-order valence-corrected chi connectivity index (χ3v) is 4.70. The second-order valence-electron chi connectivity index (χ2n) is 6.97. The minimum absolute atomic E-state index is 0.121. The summed E-state index contributed by atoms with van der Waals surface area (Å²) in [5, 5.41) is 31.2. The van der Waals surface area contributed by atoms with Crippen molar-refractivity contribution in [3.05, 3.63) is 77.7 Å². The molecule has 0 saturated carbocycles. The highest BCUT2D eigenvalue weighted by molar-refractivity contribution is 6.03. The number of nitriles is 1. The number of nitrogens with zero attached hydrogens (tertiary/aromatic N) is 2. The number of carbonyl (C=O) groups is 2. The second kappa shape index (κ2) is 9.15. The number of hydrogen-bond donors (Lipinski definition) is 3. The molecular weight excluding hydrogens is 430 g/mol. The van der Waals surface area contributed by atoms with E-state index in [0.717, 1.165) is 5.56 Å². The molecular formula is C23H17N3O7. The van der Waals surface area contributed by atoms with E-state index < -0.39 is 36.2 Å². The lowest BCUT2D eigenvalue weighted by atomic mass is 10.1. The second-order valence-corrected chi connectivity index (χ2v) is 6.97. The molecule has 2 heterocycles. The third kappa shape index (κ3) is 4.77. The molecule has 0 aliphatic carbocycles. The average Bonchev–Trinajstić information content (AvgIpc) is 3.25. The van der Waals surface area contributed by atoms with Crippen LogP contribution in [-0.4, -0.2) is 39.9 Å². The number of aliphatic carboxylic acids is 1. The van der Waals surface area contributed by atoms with Gasteiger partial charge in [-0.1, -0.05) is 30.3 Å². The SMILES string of the molecule is N#Cc1nc(C(=O)NCC(=O)O)c(O)c2ccc(OC3=COC(Cc4ccccc4)O3)cc12. The minimum atomic E-state index is -1.26. The molecule has 1 amide bonds. The van der Waals surface area contributed by atoms with Crippen molar-refractivity contribution in [1.29, 1.82) is 5.26 Å². The number of aromatic nitrogens is 1. The molecule has 1 aliphatic heterocycles. The summed E-state index contributed by atoms with van der Waals surface area (Å²) in [7, 11) is 0. The maximum atomic E-state index is 12.2. The number of rotatable bonds is 7. The lowest BCUT2D eigenvalue weighted by Gasteiger charge is -2.13. The predicted molar refractivity (Wildman–Crippen MR) is 113 cm³/mol. The molecule has 0 fully saturated rings. The van der Waals surface area contributed by atoms with Crippen molar-refractivity contribution in [2.45, 2.75) is 12.7 Å². The molecule has 2 aromatic carbocycles. The maximum absolute atomic E-state index is 12.2. The number of ether oxygens (including phenoxy) is 3. The van der Waals surface area contributed by atoms with Crippen LogP contribution in [0, 0.1) is 11.3 Å². The topological polar surface area (TPSA) is 151 Å². The van der Waals surface area contributed by atoms with E-state index >= 15 is 0 Å². The summed E-state index contributed by atoms with van der Waals surface area (Å²) in [6, 6.07) is 16.0. The molecule has 33 heavy (non-hydrogen) atoms. The molecule has 3 N–H and O–H groups in total. The zero-order chi connectivity index (χ0) is 23.4. The van der Waals surface area contributed by atoms with Gasteiger partial charge in [-0.15, -0.1) is 0 Å². The molecule has 1 aliphatic rings. The largest absolute Gasteiger partial charge is 0.505 e. The van der Waals surface area contributed by atoms with Crippen molar-refractivity contribution in [3.63, 3.8) is 0 Å². The van der Waals surface area contributed by atoms with Gasteiger partial charge in [0, 0.05) is 17.2 Å². The van der Waals surface area contributed by atoms with Gasteiger partial charge in [-0.2, -0.15) is 5.26 Å². The fourth-order valence-corrected chi connectivity index (χ4v) is 3.20. The van der Waals surface area contributed by atoms with Gasteiger partial charge in [-0.25, -0.2) is 4.98 Å². The van der Waals surface area contributed by atoms with Gasteiger partial charge in [-0.05, 0) is 23.8 Å². The standard InChI is InChI=1S/C23H17N3O7/c24-10-17-16-9-14(32-20-12-31-19(33-20)8-13-4-2-1-3-5-13)6-7-15(16)22(29)21(26-17)23(30)25-11-18(27)28/h1-7,9,12,19,29H,8,11H2,(H,25,30)(H,27,28). The fraction of sp³-hybridized carbons (Fsp3) is 0.130. The quantitative estimate of drug-likeness (QED) is 0.496. The van der Waals surface area contributed by atoms with Gasteiger partial charge >= 0.3 is 11.9 Å². The summed E-state index contributed by atoms with van der Waals surface area (Å²) in [6.07, 6.45) is 1.31. The molecule has 166 valence electrons. The van der Waals surface area contributed by atoms with Gasteiger partial charge in [-0.3, -0.25) is 9.59 Å². The number of carboxylic acids is 1. The number of fused-ring (bicyclic) bond motifs is 1. The summed E-state index contributed by atoms with van der Waals surface area (Å²) in [4.78, 5) is 26.7. The smallest absolute Gasteiger partial charge is 0.324 e. The van der Waals surface area contributed by atoms with Crippen molar-refractivity contribution < 1.29 is 34.0 Å². The van der Waals surface area contributed by atoms with Crippen LogP contribution in [0.25, 0.3) is 10.8 Å². The van der Waals surface area contributed by atoms with Crippen LogP contribution in [0.3, 0.4) is 0 Å². The lowest BCUT2D eigenvalue weighted by Crippen LogP contribution is -2.30. The lowest BCUT2D eigenvalue weighted by molar-refractivity contribution is -0.135. The van der Waals surface area contributed by atoms with Gasteiger partial charge in [0.15, 0.2) is 17.7 Å². The molecule has 1 aromatic heterocycles. The monoisotopic (exact) mass is 447 g/mol. The van der Waals surface area contributed by atoms with Crippen LogP contribution in [0.2, 0.25) is 0 Å². The molecule has 0 bridgehead atoms. The molecule has 10 heteroatoms. The molecule has 1 unspecified atom stereocenters. The first-order chi connectivity index (χ1) is 15.9. The van der Waals surface area contributed by atoms with Crippen LogP contribution in [0.4, 0.5) is 0 Å². The molecule has 10 nitrogen and oxygen atoms in total. The Balaban J connectivity index is 1.52. The molecule has 1 atom stereocenters. The van der Waals surface area contributed by atoms with Crippen LogP contribution < -0.4 is 10.1 Å². The van der Waals surface area contributed by atoms with Crippen molar-refractivity contribution in [2.24, 2.45) is 0 Å². The summed E-state index contributed by atoms with van der Waals surface area (Å²) in [5.74, 6) is -2.25. The van der Waals surface area contributed by atoms with Gasteiger partial charge in [0.25, 0.3) is 5.91 Å². The number of nitrogens with one attached hydrogen (secondary N) is 1. The number of pyridine rings is 1. The van der Waals surface area contributed by atoms with Gasteiger partial charge in [0.2, 0.25) is 6.29 Å². The van der Waals surface area contributed by atoms with Crippen LogP contribution >= 0.6 is 0 Å². The zero-order valence-corrected chi connectivity index (χ0v) is 17.0. The van der Waals surface area contributed by atoms with E-state index in [0.29, 0.717) is 12.2 Å². The van der Waals surface area contributed by atoms with Crippen molar-refractivity contribution in [1.82, 2.24) is 10.3 Å². The summed E-state index contributed by atoms with van der Waals surface area (Å²) >= 11 is 0. The van der Waals surface area contributed by atoms with E-state index in [2.05, 4.69) is 10.3 Å². The summed E-state index contributed by atoms with van der Waals surface area (Å²) in [6.45, 7) is -0.658. The molecule has 3 aromatic rings. The first kappa shape index (κ1) is 21.5. The highest BCUT2D eigenvalue weighted by Crippen LogP contribution is 2.33. The molecule has 0 radical (unpaired) electrons. The van der Waals surface area contributed by atoms with Crippen molar-refractivity contribution in [3.8, 4) is 17.6 Å². The predicted octanol–water partition coefficient (Wildman–Crippen LogP) is 2.42. The molecule has 0 spiro atoms. The Morgan fingerprint density at radius 2 is 1.97 bits per heavy atom. The minimum Gasteiger partial charge on any atom is -0.505 e. The van der Waals surface area contributed by atoms with Crippen LogP contribution in [0.15, 0.2) is 60.7 Å². The Hall–Kier alpha value is -4.78. The normalized spacial score (nSPS) is 14.5. The van der Waals surface area contributed by atoms with Crippen molar-refractivity contribution in [2.75, 3.05) is 6.54 Å². The van der Waals surface area contributed by atoms with E-state index in [-0.39, 0.29) is 22.4 Å². The number of hydrogen-bond acceptors (Lipinski definition) is 8. The first-order valence-electron chi connectivity index (χ1n) is 9.75. The van der Waals surface area contributed by atoms with Crippen molar-refractivity contribution >= 4 is 22.6 Å². The fourth-order valence-electron chi connectivity index (χ4n) is 3.20. The van der Waals surface area contributed by atoms with E-state index in [9.17, 15) is 20.0 Å². The van der Waals surface area contributed by atoms with E-state index in [1.165, 1.54) is 24.5 Å².